The Kier molecular flexibility index (Phi) is 30.2. The SMILES string of the molecule is CC/C=C\C/C=C\C(/C=C\CCCCCC(=O)O)OC(=O)CCCCCCCCCCCCCCCCCCC. The predicted molar refractivity (Wildman–Crippen MR) is 172 cm³/mol. The summed E-state index contributed by atoms with van der Waals surface area (Å²) in [4.78, 5) is 23.0. The summed E-state index contributed by atoms with van der Waals surface area (Å²) in [6, 6.07) is 0. The number of hydrogen-bond acceptors (Lipinski definition) is 3. The van der Waals surface area contributed by atoms with Gasteiger partial charge < -0.3 is 9.84 Å². The van der Waals surface area contributed by atoms with E-state index in [-0.39, 0.29) is 18.5 Å². The standard InChI is InChI=1S/C36H64O4/c1-3-5-7-9-10-11-12-13-14-15-16-17-18-19-20-25-29-33-36(39)40-34(30-26-22-8-6-4-2)31-27-23-21-24-28-32-35(37)38/h6,8,26-27,30-31,34H,3-5,7,9-25,28-29,32-33H2,1-2H3,(H,37,38)/b8-6-,30-26-,31-27-. The molecule has 0 aromatic carbocycles. The smallest absolute Gasteiger partial charge is 0.306 e. The summed E-state index contributed by atoms with van der Waals surface area (Å²) in [5.74, 6) is -0.852. The Morgan fingerprint density at radius 1 is 0.575 bits per heavy atom. The van der Waals surface area contributed by atoms with Crippen molar-refractivity contribution in [2.45, 2.75) is 180 Å². The summed E-state index contributed by atoms with van der Waals surface area (Å²) in [7, 11) is 0. The van der Waals surface area contributed by atoms with E-state index in [4.69, 9.17) is 9.84 Å². The lowest BCUT2D eigenvalue weighted by molar-refractivity contribution is -0.145. The van der Waals surface area contributed by atoms with Gasteiger partial charge in [0.15, 0.2) is 0 Å². The van der Waals surface area contributed by atoms with Crippen LogP contribution in [0.15, 0.2) is 36.5 Å². The van der Waals surface area contributed by atoms with E-state index in [9.17, 15) is 9.59 Å². The molecule has 0 saturated carbocycles. The molecule has 0 heterocycles. The maximum atomic E-state index is 12.4. The molecule has 232 valence electrons. The summed E-state index contributed by atoms with van der Waals surface area (Å²) in [5, 5.41) is 8.73. The van der Waals surface area contributed by atoms with Crippen molar-refractivity contribution in [3.63, 3.8) is 0 Å². The van der Waals surface area contributed by atoms with Gasteiger partial charge in [0.25, 0.3) is 0 Å². The van der Waals surface area contributed by atoms with E-state index in [0.717, 1.165) is 44.9 Å². The monoisotopic (exact) mass is 560 g/mol. The first kappa shape index (κ1) is 38.2. The number of unbranched alkanes of at least 4 members (excludes halogenated alkanes) is 19. The fraction of sp³-hybridized carbons (Fsp3) is 0.778. The van der Waals surface area contributed by atoms with Gasteiger partial charge in [0.2, 0.25) is 0 Å². The first-order valence-corrected chi connectivity index (χ1v) is 17.0. The number of rotatable bonds is 30. The second-order valence-corrected chi connectivity index (χ2v) is 11.3. The van der Waals surface area contributed by atoms with Crippen LogP contribution in [0.25, 0.3) is 0 Å². The van der Waals surface area contributed by atoms with Gasteiger partial charge in [-0.1, -0.05) is 147 Å². The Morgan fingerprint density at radius 3 is 1.57 bits per heavy atom. The highest BCUT2D eigenvalue weighted by molar-refractivity contribution is 5.69. The summed E-state index contributed by atoms with van der Waals surface area (Å²) in [6.07, 6.45) is 40.6. The highest BCUT2D eigenvalue weighted by Gasteiger charge is 2.08. The minimum absolute atomic E-state index is 0.120. The number of esters is 1. The molecule has 0 fully saturated rings. The van der Waals surface area contributed by atoms with E-state index in [2.05, 4.69) is 38.2 Å². The number of carboxylic acids is 1. The van der Waals surface area contributed by atoms with Gasteiger partial charge in [-0.25, -0.2) is 0 Å². The second-order valence-electron chi connectivity index (χ2n) is 11.3. The number of ether oxygens (including phenoxy) is 1. The van der Waals surface area contributed by atoms with E-state index < -0.39 is 5.97 Å². The third kappa shape index (κ3) is 30.7. The van der Waals surface area contributed by atoms with Crippen LogP contribution in [0.1, 0.15) is 174 Å². The minimum atomic E-state index is -0.732. The molecule has 0 radical (unpaired) electrons. The van der Waals surface area contributed by atoms with Crippen LogP contribution in [0.5, 0.6) is 0 Å². The molecule has 1 N–H and O–H groups in total. The first-order chi connectivity index (χ1) is 19.6. The molecular formula is C36H64O4. The number of carboxylic acid groups (broad SMARTS) is 1. The number of carbonyl (C=O) groups is 2. The summed E-state index contributed by atoms with van der Waals surface area (Å²) < 4.78 is 5.73. The largest absolute Gasteiger partial charge is 0.481 e. The van der Waals surface area contributed by atoms with Crippen molar-refractivity contribution in [1.82, 2.24) is 0 Å². The van der Waals surface area contributed by atoms with Crippen LogP contribution in [-0.4, -0.2) is 23.1 Å². The number of allylic oxidation sites excluding steroid dienone is 4. The lowest BCUT2D eigenvalue weighted by Gasteiger charge is -2.11. The fourth-order valence-corrected chi connectivity index (χ4v) is 4.85. The third-order valence-electron chi connectivity index (χ3n) is 7.34. The molecule has 0 saturated heterocycles. The van der Waals surface area contributed by atoms with Crippen molar-refractivity contribution in [1.29, 1.82) is 0 Å². The molecule has 0 aromatic rings. The molecule has 4 heteroatoms. The van der Waals surface area contributed by atoms with E-state index >= 15 is 0 Å². The maximum Gasteiger partial charge on any atom is 0.306 e. The zero-order valence-corrected chi connectivity index (χ0v) is 26.4. The quantitative estimate of drug-likeness (QED) is 0.0539. The Bertz CT molecular complexity index is 649. The molecule has 0 aliphatic rings. The van der Waals surface area contributed by atoms with Gasteiger partial charge in [-0.2, -0.15) is 0 Å². The molecule has 0 rings (SSSR count). The molecule has 0 spiro atoms. The van der Waals surface area contributed by atoms with Crippen molar-refractivity contribution >= 4 is 11.9 Å². The summed E-state index contributed by atoms with van der Waals surface area (Å²) in [6.45, 7) is 4.39. The number of hydrogen-bond donors (Lipinski definition) is 1. The average Bonchev–Trinajstić information content (AvgIpc) is 2.93. The van der Waals surface area contributed by atoms with Crippen molar-refractivity contribution in [2.24, 2.45) is 0 Å². The second kappa shape index (κ2) is 31.7. The minimum Gasteiger partial charge on any atom is -0.481 e. The number of carbonyl (C=O) groups excluding carboxylic acids is 1. The van der Waals surface area contributed by atoms with Crippen molar-refractivity contribution in [2.75, 3.05) is 0 Å². The van der Waals surface area contributed by atoms with Gasteiger partial charge in [0, 0.05) is 12.8 Å². The van der Waals surface area contributed by atoms with Crippen molar-refractivity contribution < 1.29 is 19.4 Å². The van der Waals surface area contributed by atoms with Crippen LogP contribution in [0, 0.1) is 0 Å². The molecular weight excluding hydrogens is 496 g/mol. The number of aliphatic carboxylic acids is 1. The molecule has 40 heavy (non-hydrogen) atoms. The fourth-order valence-electron chi connectivity index (χ4n) is 4.85. The van der Waals surface area contributed by atoms with Crippen LogP contribution in [0.2, 0.25) is 0 Å². The van der Waals surface area contributed by atoms with Crippen LogP contribution in [-0.2, 0) is 14.3 Å². The Hall–Kier alpha value is -1.84. The van der Waals surface area contributed by atoms with Crippen LogP contribution in [0.3, 0.4) is 0 Å². The van der Waals surface area contributed by atoms with E-state index in [1.54, 1.807) is 0 Å². The highest BCUT2D eigenvalue weighted by atomic mass is 16.5. The molecule has 0 aliphatic heterocycles. The van der Waals surface area contributed by atoms with Gasteiger partial charge in [0.05, 0.1) is 0 Å². The topological polar surface area (TPSA) is 63.6 Å². The average molecular weight is 561 g/mol. The Balaban J connectivity index is 3.89. The molecule has 0 amide bonds. The predicted octanol–water partition coefficient (Wildman–Crippen LogP) is 11.4. The van der Waals surface area contributed by atoms with Gasteiger partial charge >= 0.3 is 11.9 Å². The summed E-state index contributed by atoms with van der Waals surface area (Å²) >= 11 is 0. The van der Waals surface area contributed by atoms with Crippen molar-refractivity contribution in [3.8, 4) is 0 Å². The third-order valence-corrected chi connectivity index (χ3v) is 7.34. The molecule has 0 aromatic heterocycles. The Labute approximate surface area is 248 Å². The summed E-state index contributed by atoms with van der Waals surface area (Å²) in [5.41, 5.74) is 0. The molecule has 1 unspecified atom stereocenters. The maximum absolute atomic E-state index is 12.4. The first-order valence-electron chi connectivity index (χ1n) is 17.0. The van der Waals surface area contributed by atoms with Crippen LogP contribution in [0.4, 0.5) is 0 Å². The van der Waals surface area contributed by atoms with E-state index in [1.165, 1.54) is 96.3 Å². The van der Waals surface area contributed by atoms with E-state index in [0.29, 0.717) is 12.8 Å². The van der Waals surface area contributed by atoms with Crippen LogP contribution < -0.4 is 0 Å². The van der Waals surface area contributed by atoms with Gasteiger partial charge in [-0.15, -0.1) is 0 Å². The molecule has 0 bridgehead atoms. The normalized spacial score (nSPS) is 12.7. The van der Waals surface area contributed by atoms with E-state index in [1.807, 2.05) is 12.2 Å². The molecule has 4 nitrogen and oxygen atoms in total. The zero-order chi connectivity index (χ0) is 29.4. The van der Waals surface area contributed by atoms with Crippen molar-refractivity contribution in [3.05, 3.63) is 36.5 Å². The lowest BCUT2D eigenvalue weighted by Crippen LogP contribution is -2.13. The lowest BCUT2D eigenvalue weighted by atomic mass is 10.0. The Morgan fingerprint density at radius 2 is 1.05 bits per heavy atom. The molecule has 1 atom stereocenters. The van der Waals surface area contributed by atoms with Gasteiger partial charge in [0.1, 0.15) is 6.10 Å². The van der Waals surface area contributed by atoms with Gasteiger partial charge in [-0.05, 0) is 50.7 Å². The molecule has 0 aliphatic carbocycles. The zero-order valence-electron chi connectivity index (χ0n) is 26.4. The highest BCUT2D eigenvalue weighted by Crippen LogP contribution is 2.15. The van der Waals surface area contributed by atoms with Gasteiger partial charge in [-0.3, -0.25) is 9.59 Å². The van der Waals surface area contributed by atoms with Crippen LogP contribution >= 0.6 is 0 Å².